The quantitative estimate of drug-likeness (QED) is 0.331. The minimum Gasteiger partial charge on any atom is -0.304 e. The van der Waals surface area contributed by atoms with E-state index in [9.17, 15) is 18.0 Å². The molecule has 1 N–H and O–H groups in total. The third-order valence-electron chi connectivity index (χ3n) is 5.28. The Morgan fingerprint density at radius 3 is 2.57 bits per heavy atom. The average molecular weight is 497 g/mol. The number of halogens is 4. The van der Waals surface area contributed by atoms with Gasteiger partial charge in [-0.15, -0.1) is 0 Å². The molecule has 5 rings (SSSR count). The summed E-state index contributed by atoms with van der Waals surface area (Å²) in [4.78, 5) is 17.4. The maximum absolute atomic E-state index is 14.0. The minimum absolute atomic E-state index is 0.0284. The lowest BCUT2D eigenvalue weighted by atomic mass is 10.1. The second kappa shape index (κ2) is 9.22. The summed E-state index contributed by atoms with van der Waals surface area (Å²) < 4.78 is 43.8. The number of nitrogens with zero attached hydrogens (tertiary/aromatic N) is 5. The summed E-state index contributed by atoms with van der Waals surface area (Å²) in [6.45, 7) is 0.0960. The van der Waals surface area contributed by atoms with Crippen LogP contribution in [0.1, 0.15) is 28.0 Å². The van der Waals surface area contributed by atoms with Crippen molar-refractivity contribution in [1.29, 1.82) is 0 Å². The molecule has 0 saturated heterocycles. The van der Waals surface area contributed by atoms with Gasteiger partial charge in [-0.1, -0.05) is 60.1 Å². The number of carbonyl (C=O) groups is 1. The Morgan fingerprint density at radius 2 is 1.83 bits per heavy atom. The van der Waals surface area contributed by atoms with Gasteiger partial charge in [0, 0.05) is 17.3 Å². The van der Waals surface area contributed by atoms with Crippen molar-refractivity contribution in [3.8, 4) is 11.3 Å². The van der Waals surface area contributed by atoms with Gasteiger partial charge < -0.3 is 5.32 Å². The summed E-state index contributed by atoms with van der Waals surface area (Å²) in [6.07, 6.45) is -0.245. The molecule has 0 radical (unpaired) electrons. The number of nitrogens with one attached hydrogen (secondary N) is 1. The molecule has 7 nitrogen and oxygen atoms in total. The lowest BCUT2D eigenvalue weighted by Crippen LogP contribution is -2.14. The molecule has 0 saturated carbocycles. The molecule has 0 aliphatic rings. The Morgan fingerprint density at radius 1 is 1.09 bits per heavy atom. The van der Waals surface area contributed by atoms with Crippen LogP contribution in [0.3, 0.4) is 0 Å². The molecular formula is C24H16ClF3N6O. The second-order valence-corrected chi connectivity index (χ2v) is 8.00. The van der Waals surface area contributed by atoms with E-state index in [0.717, 1.165) is 10.7 Å². The number of hydrogen-bond donors (Lipinski definition) is 1. The Balaban J connectivity index is 1.47. The number of carbonyl (C=O) groups excluding carboxylic acids is 1. The van der Waals surface area contributed by atoms with E-state index < -0.39 is 23.8 Å². The molecule has 3 aromatic heterocycles. The molecule has 0 bridgehead atoms. The fourth-order valence-electron chi connectivity index (χ4n) is 3.60. The Labute approximate surface area is 201 Å². The molecule has 0 aliphatic heterocycles. The van der Waals surface area contributed by atoms with Gasteiger partial charge in [0.05, 0.1) is 18.4 Å². The molecule has 0 spiro atoms. The number of aromatic nitrogens is 5. The van der Waals surface area contributed by atoms with Crippen LogP contribution < -0.4 is 5.32 Å². The van der Waals surface area contributed by atoms with E-state index in [4.69, 9.17) is 11.6 Å². The average Bonchev–Trinajstić information content (AvgIpc) is 3.43. The zero-order chi connectivity index (χ0) is 24.5. The first-order valence-corrected chi connectivity index (χ1v) is 10.8. The molecule has 0 unspecified atom stereocenters. The fourth-order valence-corrected chi connectivity index (χ4v) is 3.79. The molecule has 35 heavy (non-hydrogen) atoms. The van der Waals surface area contributed by atoms with E-state index in [-0.39, 0.29) is 34.3 Å². The van der Waals surface area contributed by atoms with Crippen LogP contribution >= 0.6 is 11.6 Å². The Hall–Kier alpha value is -4.18. The van der Waals surface area contributed by atoms with E-state index in [1.165, 1.54) is 23.0 Å². The van der Waals surface area contributed by atoms with Gasteiger partial charge >= 0.3 is 0 Å². The first-order valence-electron chi connectivity index (χ1n) is 10.4. The SMILES string of the molecule is O=C(Nc1nn(Cc2ccccc2F)cc1Cl)c1cnn2c(C(F)F)cc(-c3ccccc3)nc12. The van der Waals surface area contributed by atoms with Gasteiger partial charge in [0.25, 0.3) is 12.3 Å². The third kappa shape index (κ3) is 4.47. The second-order valence-electron chi connectivity index (χ2n) is 7.60. The number of hydrogen-bond acceptors (Lipinski definition) is 4. The summed E-state index contributed by atoms with van der Waals surface area (Å²) >= 11 is 6.22. The van der Waals surface area contributed by atoms with Crippen molar-refractivity contribution >= 4 is 29.0 Å². The highest BCUT2D eigenvalue weighted by molar-refractivity contribution is 6.33. The van der Waals surface area contributed by atoms with E-state index >= 15 is 0 Å². The predicted molar refractivity (Wildman–Crippen MR) is 124 cm³/mol. The van der Waals surface area contributed by atoms with Crippen LogP contribution in [-0.4, -0.2) is 30.3 Å². The summed E-state index contributed by atoms with van der Waals surface area (Å²) in [5.41, 5.74) is 0.796. The first-order chi connectivity index (χ1) is 16.9. The molecular weight excluding hydrogens is 481 g/mol. The van der Waals surface area contributed by atoms with Crippen molar-refractivity contribution in [3.63, 3.8) is 0 Å². The van der Waals surface area contributed by atoms with Gasteiger partial charge in [-0.05, 0) is 12.1 Å². The monoisotopic (exact) mass is 496 g/mol. The summed E-state index contributed by atoms with van der Waals surface area (Å²) in [5, 5.41) is 10.8. The zero-order valence-corrected chi connectivity index (χ0v) is 18.6. The van der Waals surface area contributed by atoms with Crippen molar-refractivity contribution in [2.75, 3.05) is 5.32 Å². The smallest absolute Gasteiger partial charge is 0.280 e. The molecule has 0 aliphatic carbocycles. The van der Waals surface area contributed by atoms with E-state index in [2.05, 4.69) is 20.5 Å². The topological polar surface area (TPSA) is 77.1 Å². The molecule has 176 valence electrons. The maximum Gasteiger partial charge on any atom is 0.280 e. The van der Waals surface area contributed by atoms with Crippen molar-refractivity contribution < 1.29 is 18.0 Å². The van der Waals surface area contributed by atoms with Gasteiger partial charge in [0.1, 0.15) is 22.1 Å². The highest BCUT2D eigenvalue weighted by Gasteiger charge is 2.23. The number of alkyl halides is 2. The van der Waals surface area contributed by atoms with Crippen LogP contribution in [0.5, 0.6) is 0 Å². The van der Waals surface area contributed by atoms with Crippen LogP contribution in [0, 0.1) is 5.82 Å². The zero-order valence-electron chi connectivity index (χ0n) is 17.9. The normalized spacial score (nSPS) is 11.3. The molecule has 2 aromatic carbocycles. The summed E-state index contributed by atoms with van der Waals surface area (Å²) in [6, 6.07) is 16.2. The van der Waals surface area contributed by atoms with Crippen molar-refractivity contribution in [2.45, 2.75) is 13.0 Å². The molecule has 0 atom stereocenters. The maximum atomic E-state index is 14.0. The molecule has 5 aromatic rings. The highest BCUT2D eigenvalue weighted by Crippen LogP contribution is 2.27. The highest BCUT2D eigenvalue weighted by atomic mass is 35.5. The number of amides is 1. The van der Waals surface area contributed by atoms with Crippen LogP contribution in [0.2, 0.25) is 5.02 Å². The van der Waals surface area contributed by atoms with Crippen molar-refractivity contribution in [1.82, 2.24) is 24.4 Å². The first kappa shape index (κ1) is 22.6. The fraction of sp³-hybridized carbons (Fsp3) is 0.0833. The van der Waals surface area contributed by atoms with Crippen molar-refractivity contribution in [3.05, 3.63) is 101 Å². The lowest BCUT2D eigenvalue weighted by Gasteiger charge is -2.08. The van der Waals surface area contributed by atoms with Gasteiger partial charge in [-0.3, -0.25) is 9.48 Å². The summed E-state index contributed by atoms with van der Waals surface area (Å²) in [7, 11) is 0. The van der Waals surface area contributed by atoms with Crippen LogP contribution in [0.15, 0.2) is 73.1 Å². The molecule has 11 heteroatoms. The molecule has 0 fully saturated rings. The van der Waals surface area contributed by atoms with Crippen molar-refractivity contribution in [2.24, 2.45) is 0 Å². The van der Waals surface area contributed by atoms with Gasteiger partial charge in [-0.25, -0.2) is 22.7 Å². The minimum atomic E-state index is -2.85. The number of rotatable bonds is 6. The van der Waals surface area contributed by atoms with E-state index in [0.29, 0.717) is 11.1 Å². The van der Waals surface area contributed by atoms with Gasteiger partial charge in [0.15, 0.2) is 11.5 Å². The van der Waals surface area contributed by atoms with Crippen LogP contribution in [0.25, 0.3) is 16.9 Å². The number of anilines is 1. The summed E-state index contributed by atoms with van der Waals surface area (Å²) in [5.74, 6) is -1.05. The number of fused-ring (bicyclic) bond motifs is 1. The van der Waals surface area contributed by atoms with E-state index in [1.807, 2.05) is 0 Å². The van der Waals surface area contributed by atoms with Gasteiger partial charge in [0.2, 0.25) is 0 Å². The predicted octanol–water partition coefficient (Wildman–Crippen LogP) is 5.62. The molecule has 1 amide bonds. The lowest BCUT2D eigenvalue weighted by molar-refractivity contribution is 0.102. The largest absolute Gasteiger partial charge is 0.304 e. The Bertz CT molecular complexity index is 1530. The van der Waals surface area contributed by atoms with Crippen LogP contribution in [-0.2, 0) is 6.54 Å². The number of benzene rings is 2. The Kier molecular flexibility index (Phi) is 5.96. The van der Waals surface area contributed by atoms with Gasteiger partial charge in [-0.2, -0.15) is 10.2 Å². The van der Waals surface area contributed by atoms with Crippen LogP contribution in [0.4, 0.5) is 19.0 Å². The third-order valence-corrected chi connectivity index (χ3v) is 5.55. The molecule has 3 heterocycles. The standard InChI is InChI=1S/C24H16ClF3N6O/c25-17-13-33(12-15-8-4-5-9-18(15)26)32-22(17)31-24(35)16-11-29-34-20(21(27)28)10-19(30-23(16)34)14-6-2-1-3-7-14/h1-11,13,21H,12H2,(H,31,32,35). The van der Waals surface area contributed by atoms with E-state index in [1.54, 1.807) is 48.5 Å².